The average Bonchev–Trinajstić information content (AvgIpc) is 3.01. The van der Waals surface area contributed by atoms with E-state index in [2.05, 4.69) is 0 Å². The van der Waals surface area contributed by atoms with Crippen molar-refractivity contribution in [1.29, 1.82) is 0 Å². The Morgan fingerprint density at radius 3 is 1.38 bits per heavy atom. The van der Waals surface area contributed by atoms with Gasteiger partial charge in [-0.05, 0) is 22.3 Å². The number of hydrogen-bond acceptors (Lipinski definition) is 6. The summed E-state index contributed by atoms with van der Waals surface area (Å²) in [7, 11) is 0. The molecule has 1 saturated heterocycles. The van der Waals surface area contributed by atoms with Crippen LogP contribution in [0.1, 0.15) is 22.3 Å². The monoisotopic (exact) mass is 538 g/mol. The number of hydrogen-bond donors (Lipinski definition) is 0. The van der Waals surface area contributed by atoms with Gasteiger partial charge in [0.25, 0.3) is 0 Å². The quantitative estimate of drug-likeness (QED) is 0.198. The van der Waals surface area contributed by atoms with Crippen LogP contribution >= 0.6 is 0 Å². The molecule has 0 N–H and O–H groups in total. The van der Waals surface area contributed by atoms with Crippen LogP contribution in [0.5, 0.6) is 0 Å². The topological polar surface area (TPSA) is 63.2 Å². The van der Waals surface area contributed by atoms with Gasteiger partial charge in [0.15, 0.2) is 12.2 Å². The summed E-state index contributed by atoms with van der Waals surface area (Å²) in [6.45, 7) is 1.43. The van der Waals surface area contributed by atoms with Crippen molar-refractivity contribution in [2.75, 3.05) is 6.61 Å². The summed E-state index contributed by atoms with van der Waals surface area (Å²) >= 11 is 0. The van der Waals surface area contributed by atoms with E-state index in [-0.39, 0.29) is 13.2 Å². The van der Waals surface area contributed by atoms with Crippen LogP contribution in [0.2, 0.25) is 0 Å². The van der Waals surface area contributed by atoms with Crippen molar-refractivity contribution in [2.45, 2.75) is 50.8 Å². The minimum absolute atomic E-state index is 0.163. The number of carbonyl (C=O) groups excluding carboxylic acids is 1. The van der Waals surface area contributed by atoms with Crippen LogP contribution in [0.25, 0.3) is 0 Å². The lowest BCUT2D eigenvalue weighted by Gasteiger charge is -2.41. The molecule has 0 saturated carbocycles. The van der Waals surface area contributed by atoms with Gasteiger partial charge in [-0.15, -0.1) is 0 Å². The molecule has 4 aromatic carbocycles. The van der Waals surface area contributed by atoms with Gasteiger partial charge in [0, 0.05) is 0 Å². The van der Waals surface area contributed by atoms with Gasteiger partial charge in [-0.2, -0.15) is 0 Å². The van der Waals surface area contributed by atoms with Crippen LogP contribution in [0.15, 0.2) is 121 Å². The second-order valence-electron chi connectivity index (χ2n) is 9.72. The Balaban J connectivity index is 1.36. The fraction of sp³-hybridized carbons (Fsp3) is 0.265. The summed E-state index contributed by atoms with van der Waals surface area (Å²) < 4.78 is 31.0. The minimum atomic E-state index is -0.963. The van der Waals surface area contributed by atoms with E-state index in [1.165, 1.54) is 0 Å². The molecule has 0 amide bonds. The first-order chi connectivity index (χ1) is 19.8. The number of benzene rings is 4. The van der Waals surface area contributed by atoms with Crippen LogP contribution in [0.4, 0.5) is 0 Å². The largest absolute Gasteiger partial charge is 0.455 e. The van der Waals surface area contributed by atoms with Crippen molar-refractivity contribution >= 4 is 5.97 Å². The number of carbonyl (C=O) groups is 1. The summed E-state index contributed by atoms with van der Waals surface area (Å²) in [5, 5.41) is 0. The van der Waals surface area contributed by atoms with Crippen molar-refractivity contribution in [3.05, 3.63) is 144 Å². The molecule has 0 aromatic heterocycles. The molecular formula is C34H34O6. The molecule has 40 heavy (non-hydrogen) atoms. The summed E-state index contributed by atoms with van der Waals surface area (Å²) in [6.07, 6.45) is -2.95. The van der Waals surface area contributed by atoms with Crippen LogP contribution in [0, 0.1) is 0 Å². The van der Waals surface area contributed by atoms with Gasteiger partial charge in [-0.3, -0.25) is 0 Å². The molecular weight excluding hydrogens is 504 g/mol. The van der Waals surface area contributed by atoms with Crippen molar-refractivity contribution in [3.8, 4) is 0 Å². The molecule has 1 aliphatic rings. The Morgan fingerprint density at radius 1 is 0.500 bits per heavy atom. The molecule has 1 aliphatic heterocycles. The molecule has 6 nitrogen and oxygen atoms in total. The molecule has 4 aromatic rings. The van der Waals surface area contributed by atoms with Crippen molar-refractivity contribution in [3.63, 3.8) is 0 Å². The maximum absolute atomic E-state index is 13.4. The van der Waals surface area contributed by atoms with Crippen LogP contribution in [0.3, 0.4) is 0 Å². The van der Waals surface area contributed by atoms with Gasteiger partial charge in [0.05, 0.1) is 33.0 Å². The molecule has 6 heteroatoms. The van der Waals surface area contributed by atoms with Gasteiger partial charge >= 0.3 is 5.97 Å². The normalized spacial score (nSPS) is 20.6. The Bertz CT molecular complexity index is 1280. The number of rotatable bonds is 13. The Kier molecular flexibility index (Phi) is 10.1. The minimum Gasteiger partial charge on any atom is -0.455 e. The zero-order chi connectivity index (χ0) is 27.4. The van der Waals surface area contributed by atoms with E-state index in [1.54, 1.807) is 0 Å². The first kappa shape index (κ1) is 27.7. The predicted molar refractivity (Wildman–Crippen MR) is 151 cm³/mol. The molecule has 4 atom stereocenters. The zero-order valence-corrected chi connectivity index (χ0v) is 22.3. The van der Waals surface area contributed by atoms with E-state index in [0.29, 0.717) is 19.8 Å². The zero-order valence-electron chi connectivity index (χ0n) is 22.3. The summed E-state index contributed by atoms with van der Waals surface area (Å²) in [5.74, 6) is -0.484. The Hall–Kier alpha value is -3.81. The second-order valence-corrected chi connectivity index (χ2v) is 9.72. The van der Waals surface area contributed by atoms with Gasteiger partial charge in [0.1, 0.15) is 12.2 Å². The van der Waals surface area contributed by atoms with Crippen molar-refractivity contribution < 1.29 is 28.5 Å². The van der Waals surface area contributed by atoms with Crippen LogP contribution in [-0.4, -0.2) is 37.0 Å². The third-order valence-electron chi connectivity index (χ3n) is 6.73. The smallest absolute Gasteiger partial charge is 0.338 e. The highest BCUT2D eigenvalue weighted by molar-refractivity contribution is 5.77. The fourth-order valence-electron chi connectivity index (χ4n) is 4.64. The predicted octanol–water partition coefficient (Wildman–Crippen LogP) is 5.88. The van der Waals surface area contributed by atoms with E-state index in [9.17, 15) is 4.79 Å². The molecule has 0 radical (unpaired) electrons. The standard InChI is InChI=1S/C34H34O6/c35-34-33(39-24-29-19-11-4-12-20-29)32(38-23-28-17-9-3-10-18-28)31(37-22-27-15-7-2-8-16-27)30(40-34)25-36-21-26-13-5-1-6-14-26/h1-20,30-33H,21-25H2/t30?,31?,32?,33-/m0/s1. The third kappa shape index (κ3) is 7.87. The van der Waals surface area contributed by atoms with Crippen LogP contribution in [-0.2, 0) is 54.9 Å². The molecule has 0 aliphatic carbocycles. The van der Waals surface area contributed by atoms with Gasteiger partial charge in [-0.25, -0.2) is 4.79 Å². The van der Waals surface area contributed by atoms with E-state index in [1.807, 2.05) is 121 Å². The van der Waals surface area contributed by atoms with Gasteiger partial charge in [-0.1, -0.05) is 121 Å². The highest BCUT2D eigenvalue weighted by Crippen LogP contribution is 2.28. The maximum atomic E-state index is 13.4. The maximum Gasteiger partial charge on any atom is 0.338 e. The molecule has 5 rings (SSSR count). The SMILES string of the molecule is O=C1OC(COCc2ccccc2)C(OCc2ccccc2)C(OCc2ccccc2)[C@@H]1OCc1ccccc1. The van der Waals surface area contributed by atoms with E-state index >= 15 is 0 Å². The summed E-state index contributed by atoms with van der Waals surface area (Å²) in [5.41, 5.74) is 3.98. The lowest BCUT2D eigenvalue weighted by atomic mass is 9.98. The number of ether oxygens (including phenoxy) is 5. The first-order valence-corrected chi connectivity index (χ1v) is 13.5. The molecule has 1 heterocycles. The number of esters is 1. The summed E-state index contributed by atoms with van der Waals surface area (Å²) in [6, 6.07) is 39.4. The molecule has 1 fully saturated rings. The third-order valence-corrected chi connectivity index (χ3v) is 6.73. The van der Waals surface area contributed by atoms with E-state index < -0.39 is 30.4 Å². The van der Waals surface area contributed by atoms with E-state index in [0.717, 1.165) is 22.3 Å². The van der Waals surface area contributed by atoms with Crippen molar-refractivity contribution in [2.24, 2.45) is 0 Å². The van der Waals surface area contributed by atoms with Crippen molar-refractivity contribution in [1.82, 2.24) is 0 Å². The average molecular weight is 539 g/mol. The van der Waals surface area contributed by atoms with Gasteiger partial charge < -0.3 is 23.7 Å². The van der Waals surface area contributed by atoms with E-state index in [4.69, 9.17) is 23.7 Å². The highest BCUT2D eigenvalue weighted by atomic mass is 16.6. The van der Waals surface area contributed by atoms with Crippen LogP contribution < -0.4 is 0 Å². The van der Waals surface area contributed by atoms with Gasteiger partial charge in [0.2, 0.25) is 0 Å². The summed E-state index contributed by atoms with van der Waals surface area (Å²) in [4.78, 5) is 13.4. The Labute approximate surface area is 235 Å². The lowest BCUT2D eigenvalue weighted by molar-refractivity contribution is -0.239. The molecule has 3 unspecified atom stereocenters. The lowest BCUT2D eigenvalue weighted by Crippen LogP contribution is -2.59. The Morgan fingerprint density at radius 2 is 0.900 bits per heavy atom. The highest BCUT2D eigenvalue weighted by Gasteiger charge is 2.48. The molecule has 206 valence electrons. The second kappa shape index (κ2) is 14.5. The molecule has 0 bridgehead atoms. The number of cyclic esters (lactones) is 1. The first-order valence-electron chi connectivity index (χ1n) is 13.5. The fourth-order valence-corrected chi connectivity index (χ4v) is 4.64. The molecule has 0 spiro atoms.